The number of carbonyl (C=O) groups is 1. The zero-order valence-corrected chi connectivity index (χ0v) is 17.5. The molecular formula is C23H25N3O2S. The molecule has 0 saturated heterocycles. The van der Waals surface area contributed by atoms with Crippen LogP contribution in [0.5, 0.6) is 0 Å². The van der Waals surface area contributed by atoms with E-state index in [4.69, 9.17) is 4.98 Å². The Morgan fingerprint density at radius 1 is 1.14 bits per heavy atom. The highest BCUT2D eigenvalue weighted by molar-refractivity contribution is 8.00. The highest BCUT2D eigenvalue weighted by Gasteiger charge is 2.25. The number of fused-ring (bicyclic) bond motifs is 1. The maximum atomic E-state index is 13.2. The Hall–Kier alpha value is -2.60. The molecule has 0 bridgehead atoms. The van der Waals surface area contributed by atoms with Gasteiger partial charge in [-0.25, -0.2) is 4.98 Å². The molecule has 2 aromatic carbocycles. The molecular weight excluding hydrogens is 382 g/mol. The van der Waals surface area contributed by atoms with E-state index < -0.39 is 0 Å². The molecule has 5 nitrogen and oxygen atoms in total. The van der Waals surface area contributed by atoms with Crippen LogP contribution in [-0.4, -0.2) is 20.7 Å². The topological polar surface area (TPSA) is 64.0 Å². The molecule has 29 heavy (non-hydrogen) atoms. The van der Waals surface area contributed by atoms with E-state index in [1.807, 2.05) is 66.9 Å². The lowest BCUT2D eigenvalue weighted by Crippen LogP contribution is -2.29. The number of nitrogens with one attached hydrogen (secondary N) is 1. The lowest BCUT2D eigenvalue weighted by atomic mass is 10.2. The maximum absolute atomic E-state index is 13.2. The van der Waals surface area contributed by atoms with Gasteiger partial charge in [-0.2, -0.15) is 0 Å². The molecule has 1 aliphatic carbocycles. The first-order valence-corrected chi connectivity index (χ1v) is 11.0. The maximum Gasteiger partial charge on any atom is 0.262 e. The van der Waals surface area contributed by atoms with Crippen molar-refractivity contribution < 1.29 is 4.79 Å². The fourth-order valence-corrected chi connectivity index (χ4v) is 4.76. The van der Waals surface area contributed by atoms with Crippen molar-refractivity contribution in [2.45, 2.75) is 56.0 Å². The Kier molecular flexibility index (Phi) is 5.72. The number of aryl methyl sites for hydroxylation is 1. The summed E-state index contributed by atoms with van der Waals surface area (Å²) in [7, 11) is 0. The second-order valence-corrected chi connectivity index (χ2v) is 8.95. The molecule has 1 amide bonds. The third-order valence-electron chi connectivity index (χ3n) is 5.44. The van der Waals surface area contributed by atoms with Crippen LogP contribution in [0.4, 0.5) is 5.69 Å². The van der Waals surface area contributed by atoms with E-state index in [2.05, 4.69) is 5.32 Å². The Labute approximate surface area is 174 Å². The van der Waals surface area contributed by atoms with Crippen LogP contribution < -0.4 is 10.9 Å². The SMILES string of the molecule is Cc1ccc(NC(=O)[C@H](C)Sc2nc3ccccc3c(=O)n2C2CCCC2)cc1. The van der Waals surface area contributed by atoms with E-state index in [-0.39, 0.29) is 22.8 Å². The molecule has 0 aliphatic heterocycles. The first kappa shape index (κ1) is 19.7. The molecule has 0 unspecified atom stereocenters. The van der Waals surface area contributed by atoms with Crippen molar-refractivity contribution in [2.24, 2.45) is 0 Å². The molecule has 0 radical (unpaired) electrons. The van der Waals surface area contributed by atoms with E-state index in [1.54, 1.807) is 0 Å². The standard InChI is InChI=1S/C23H25N3O2S/c1-15-11-13-17(14-12-15)24-21(27)16(2)29-23-25-20-10-6-5-9-19(20)22(28)26(23)18-7-3-4-8-18/h5-6,9-14,16,18H,3-4,7-8H2,1-2H3,(H,24,27)/t16-/m0/s1. The first-order chi connectivity index (χ1) is 14.0. The van der Waals surface area contributed by atoms with Crippen molar-refractivity contribution in [1.82, 2.24) is 9.55 Å². The van der Waals surface area contributed by atoms with Crippen molar-refractivity contribution in [2.75, 3.05) is 5.32 Å². The number of hydrogen-bond acceptors (Lipinski definition) is 4. The number of hydrogen-bond donors (Lipinski definition) is 1. The minimum absolute atomic E-state index is 0.00357. The monoisotopic (exact) mass is 407 g/mol. The third kappa shape index (κ3) is 4.22. The quantitative estimate of drug-likeness (QED) is 0.481. The Bertz CT molecular complexity index is 1090. The van der Waals surface area contributed by atoms with Crippen LogP contribution in [-0.2, 0) is 4.79 Å². The number of carbonyl (C=O) groups excluding carboxylic acids is 1. The summed E-state index contributed by atoms with van der Waals surface area (Å²) in [5, 5.41) is 3.85. The van der Waals surface area contributed by atoms with Crippen LogP contribution in [0.25, 0.3) is 10.9 Å². The largest absolute Gasteiger partial charge is 0.325 e. The van der Waals surface area contributed by atoms with Gasteiger partial charge in [0, 0.05) is 11.7 Å². The third-order valence-corrected chi connectivity index (χ3v) is 6.50. The van der Waals surface area contributed by atoms with Gasteiger partial charge in [-0.1, -0.05) is 54.4 Å². The summed E-state index contributed by atoms with van der Waals surface area (Å²) in [6.45, 7) is 3.87. The number of amides is 1. The van der Waals surface area contributed by atoms with Gasteiger partial charge in [-0.3, -0.25) is 14.2 Å². The van der Waals surface area contributed by atoms with Crippen LogP contribution in [0.2, 0.25) is 0 Å². The molecule has 150 valence electrons. The lowest BCUT2D eigenvalue weighted by molar-refractivity contribution is -0.115. The fraction of sp³-hybridized carbons (Fsp3) is 0.348. The van der Waals surface area contributed by atoms with Crippen LogP contribution in [0.15, 0.2) is 58.5 Å². The summed E-state index contributed by atoms with van der Waals surface area (Å²) in [6.07, 6.45) is 4.21. The summed E-state index contributed by atoms with van der Waals surface area (Å²) in [6, 6.07) is 15.3. The predicted molar refractivity (Wildman–Crippen MR) is 119 cm³/mol. The number of anilines is 1. The van der Waals surface area contributed by atoms with E-state index in [1.165, 1.54) is 11.8 Å². The van der Waals surface area contributed by atoms with Crippen LogP contribution in [0, 0.1) is 6.92 Å². The van der Waals surface area contributed by atoms with E-state index in [0.717, 1.165) is 36.9 Å². The summed E-state index contributed by atoms with van der Waals surface area (Å²) in [5.41, 5.74) is 2.59. The molecule has 1 aromatic heterocycles. The van der Waals surface area contributed by atoms with Crippen molar-refractivity contribution in [3.05, 3.63) is 64.4 Å². The zero-order chi connectivity index (χ0) is 20.4. The number of aromatic nitrogens is 2. The highest BCUT2D eigenvalue weighted by atomic mass is 32.2. The van der Waals surface area contributed by atoms with Crippen LogP contribution >= 0.6 is 11.8 Å². The Morgan fingerprint density at radius 2 is 1.83 bits per heavy atom. The Balaban J connectivity index is 1.63. The highest BCUT2D eigenvalue weighted by Crippen LogP contribution is 2.33. The van der Waals surface area contributed by atoms with Gasteiger partial charge in [-0.15, -0.1) is 0 Å². The second-order valence-electron chi connectivity index (χ2n) is 7.64. The molecule has 0 spiro atoms. The van der Waals surface area contributed by atoms with Gasteiger partial charge in [0.2, 0.25) is 5.91 Å². The molecule has 4 rings (SSSR count). The minimum Gasteiger partial charge on any atom is -0.325 e. The minimum atomic E-state index is -0.378. The molecule has 6 heteroatoms. The predicted octanol–water partition coefficient (Wildman–Crippen LogP) is 4.94. The van der Waals surface area contributed by atoms with E-state index >= 15 is 0 Å². The molecule has 1 atom stereocenters. The van der Waals surface area contributed by atoms with Crippen molar-refractivity contribution in [3.8, 4) is 0 Å². The molecule has 1 fully saturated rings. The zero-order valence-electron chi connectivity index (χ0n) is 16.7. The van der Waals surface area contributed by atoms with Crippen molar-refractivity contribution in [1.29, 1.82) is 0 Å². The van der Waals surface area contributed by atoms with Gasteiger partial charge in [0.15, 0.2) is 5.16 Å². The smallest absolute Gasteiger partial charge is 0.262 e. The van der Waals surface area contributed by atoms with Gasteiger partial charge in [-0.05, 0) is 51.0 Å². The summed E-state index contributed by atoms with van der Waals surface area (Å²) in [4.78, 5) is 30.7. The average molecular weight is 408 g/mol. The van der Waals surface area contributed by atoms with E-state index in [0.29, 0.717) is 16.1 Å². The van der Waals surface area contributed by atoms with E-state index in [9.17, 15) is 9.59 Å². The summed E-state index contributed by atoms with van der Waals surface area (Å²) < 4.78 is 1.83. The van der Waals surface area contributed by atoms with Gasteiger partial charge in [0.05, 0.1) is 16.2 Å². The Morgan fingerprint density at radius 3 is 2.55 bits per heavy atom. The van der Waals surface area contributed by atoms with Crippen LogP contribution in [0.3, 0.4) is 0 Å². The second kappa shape index (κ2) is 8.41. The number of para-hydroxylation sites is 1. The van der Waals surface area contributed by atoms with Gasteiger partial charge in [0.25, 0.3) is 5.56 Å². The average Bonchev–Trinajstić information content (AvgIpc) is 3.24. The first-order valence-electron chi connectivity index (χ1n) is 10.1. The fourth-order valence-electron chi connectivity index (χ4n) is 3.79. The number of nitrogens with zero attached hydrogens (tertiary/aromatic N) is 2. The molecule has 1 heterocycles. The number of thioether (sulfide) groups is 1. The lowest BCUT2D eigenvalue weighted by Gasteiger charge is -2.20. The van der Waals surface area contributed by atoms with Crippen molar-refractivity contribution in [3.63, 3.8) is 0 Å². The summed E-state index contributed by atoms with van der Waals surface area (Å²) >= 11 is 1.36. The van der Waals surface area contributed by atoms with Crippen molar-refractivity contribution >= 4 is 34.3 Å². The molecule has 1 N–H and O–H groups in total. The summed E-state index contributed by atoms with van der Waals surface area (Å²) in [5.74, 6) is -0.0979. The normalized spacial score (nSPS) is 15.5. The molecule has 3 aromatic rings. The van der Waals surface area contributed by atoms with Gasteiger partial charge >= 0.3 is 0 Å². The molecule has 1 aliphatic rings. The van der Waals surface area contributed by atoms with Crippen LogP contribution in [0.1, 0.15) is 44.2 Å². The number of rotatable bonds is 5. The van der Waals surface area contributed by atoms with Gasteiger partial charge < -0.3 is 5.32 Å². The number of benzene rings is 2. The molecule has 1 saturated carbocycles. The van der Waals surface area contributed by atoms with Gasteiger partial charge in [0.1, 0.15) is 0 Å².